The molecule has 24 heavy (non-hydrogen) atoms. The Balaban J connectivity index is 1.73. The minimum atomic E-state index is -3.70. The molecule has 2 N–H and O–H groups in total. The number of anilines is 3. The maximum Gasteiger partial charge on any atom is 0.271 e. The summed E-state index contributed by atoms with van der Waals surface area (Å²) in [6.07, 6.45) is 1.37. The second-order valence-electron chi connectivity index (χ2n) is 4.73. The van der Waals surface area contributed by atoms with Gasteiger partial charge in [0, 0.05) is 5.69 Å². The van der Waals surface area contributed by atoms with Crippen LogP contribution in [0.15, 0.2) is 58.9 Å². The molecule has 0 bridgehead atoms. The maximum absolute atomic E-state index is 13.1. The smallest absolute Gasteiger partial charge is 0.271 e. The van der Waals surface area contributed by atoms with E-state index in [9.17, 15) is 12.8 Å². The van der Waals surface area contributed by atoms with E-state index in [4.69, 9.17) is 11.6 Å². The van der Waals surface area contributed by atoms with Gasteiger partial charge in [0.05, 0.1) is 16.2 Å². The minimum Gasteiger partial charge on any atom is -0.340 e. The van der Waals surface area contributed by atoms with Crippen LogP contribution in [0.4, 0.5) is 21.6 Å². The molecule has 0 radical (unpaired) electrons. The van der Waals surface area contributed by atoms with Gasteiger partial charge >= 0.3 is 0 Å². The molecule has 3 rings (SSSR count). The summed E-state index contributed by atoms with van der Waals surface area (Å²) in [5, 5.41) is 2.93. The first-order chi connectivity index (χ1) is 11.4. The van der Waals surface area contributed by atoms with E-state index in [2.05, 4.69) is 15.0 Å². The van der Waals surface area contributed by atoms with Crippen LogP contribution < -0.4 is 10.0 Å². The van der Waals surface area contributed by atoms with Crippen molar-refractivity contribution < 1.29 is 12.8 Å². The number of pyridine rings is 1. The summed E-state index contributed by atoms with van der Waals surface area (Å²) in [7, 11) is -3.70. The molecular formula is C15H11ClFN3O2S2. The lowest BCUT2D eigenvalue weighted by Crippen LogP contribution is -2.11. The number of hydrogen-bond donors (Lipinski definition) is 2. The molecule has 2 heterocycles. The molecule has 2 aromatic heterocycles. The van der Waals surface area contributed by atoms with Crippen LogP contribution in [-0.2, 0) is 10.0 Å². The van der Waals surface area contributed by atoms with Gasteiger partial charge in [-0.05, 0) is 42.5 Å². The van der Waals surface area contributed by atoms with Crippen LogP contribution in [0.3, 0.4) is 0 Å². The molecule has 0 unspecified atom stereocenters. The zero-order valence-corrected chi connectivity index (χ0v) is 14.4. The highest BCUT2D eigenvalue weighted by Gasteiger charge is 2.16. The number of rotatable bonds is 5. The monoisotopic (exact) mass is 383 g/mol. The Morgan fingerprint density at radius 3 is 2.54 bits per heavy atom. The average Bonchev–Trinajstić information content (AvgIpc) is 2.97. The highest BCUT2D eigenvalue weighted by atomic mass is 35.5. The van der Waals surface area contributed by atoms with Gasteiger partial charge in [-0.1, -0.05) is 17.7 Å². The van der Waals surface area contributed by atoms with Crippen molar-refractivity contribution in [2.75, 3.05) is 10.0 Å². The largest absolute Gasteiger partial charge is 0.340 e. The highest BCUT2D eigenvalue weighted by molar-refractivity contribution is 7.94. The van der Waals surface area contributed by atoms with Gasteiger partial charge in [0.1, 0.15) is 15.8 Å². The van der Waals surface area contributed by atoms with Gasteiger partial charge in [0.2, 0.25) is 0 Å². The van der Waals surface area contributed by atoms with E-state index in [1.165, 1.54) is 30.5 Å². The number of sulfonamides is 1. The molecule has 0 aliphatic carbocycles. The number of hydrogen-bond acceptors (Lipinski definition) is 5. The lowest BCUT2D eigenvalue weighted by molar-refractivity contribution is 0.603. The molecule has 0 atom stereocenters. The molecule has 0 aliphatic heterocycles. The molecule has 124 valence electrons. The van der Waals surface area contributed by atoms with Crippen LogP contribution in [0.2, 0.25) is 4.34 Å². The number of nitrogens with one attached hydrogen (secondary N) is 2. The van der Waals surface area contributed by atoms with Gasteiger partial charge in [-0.2, -0.15) is 0 Å². The molecule has 0 saturated carbocycles. The number of halogens is 2. The number of aromatic nitrogens is 1. The molecule has 5 nitrogen and oxygen atoms in total. The average molecular weight is 384 g/mol. The van der Waals surface area contributed by atoms with Gasteiger partial charge < -0.3 is 5.32 Å². The van der Waals surface area contributed by atoms with Gasteiger partial charge in [0.25, 0.3) is 10.0 Å². The SMILES string of the molecule is O=S(=O)(Nc1ccc(Nc2cccc(F)c2)nc1)c1ccc(Cl)s1. The predicted molar refractivity (Wildman–Crippen MR) is 94.1 cm³/mol. The van der Waals surface area contributed by atoms with Crippen molar-refractivity contribution in [2.24, 2.45) is 0 Å². The van der Waals surface area contributed by atoms with Crippen molar-refractivity contribution in [3.8, 4) is 0 Å². The zero-order valence-electron chi connectivity index (χ0n) is 12.0. The van der Waals surface area contributed by atoms with Crippen LogP contribution in [0.25, 0.3) is 0 Å². The molecule has 0 aliphatic rings. The maximum atomic E-state index is 13.1. The summed E-state index contributed by atoms with van der Waals surface area (Å²) in [4.78, 5) is 4.10. The molecular weight excluding hydrogens is 373 g/mol. The molecule has 0 spiro atoms. The first kappa shape index (κ1) is 16.7. The summed E-state index contributed by atoms with van der Waals surface area (Å²) in [5.74, 6) is 0.0988. The fourth-order valence-electron chi connectivity index (χ4n) is 1.89. The first-order valence-corrected chi connectivity index (χ1v) is 9.37. The van der Waals surface area contributed by atoms with E-state index in [1.807, 2.05) is 0 Å². The Morgan fingerprint density at radius 1 is 1.08 bits per heavy atom. The van der Waals surface area contributed by atoms with Crippen LogP contribution in [0, 0.1) is 5.82 Å². The van der Waals surface area contributed by atoms with E-state index in [-0.39, 0.29) is 10.0 Å². The normalized spacial score (nSPS) is 11.2. The molecule has 9 heteroatoms. The summed E-state index contributed by atoms with van der Waals surface area (Å²) in [6, 6.07) is 12.0. The van der Waals surface area contributed by atoms with Gasteiger partial charge in [0.15, 0.2) is 0 Å². The molecule has 0 fully saturated rings. The van der Waals surface area contributed by atoms with Gasteiger partial charge in [-0.15, -0.1) is 11.3 Å². The second-order valence-corrected chi connectivity index (χ2v) is 8.36. The lowest BCUT2D eigenvalue weighted by atomic mass is 10.3. The molecule has 0 amide bonds. The van der Waals surface area contributed by atoms with E-state index in [0.29, 0.717) is 21.5 Å². The second kappa shape index (κ2) is 6.76. The Bertz CT molecular complexity index is 959. The zero-order chi connectivity index (χ0) is 17.2. The van der Waals surface area contributed by atoms with Crippen LogP contribution in [0.5, 0.6) is 0 Å². The van der Waals surface area contributed by atoms with Crippen molar-refractivity contribution in [1.29, 1.82) is 0 Å². The van der Waals surface area contributed by atoms with E-state index >= 15 is 0 Å². The van der Waals surface area contributed by atoms with Crippen molar-refractivity contribution in [2.45, 2.75) is 4.21 Å². The van der Waals surface area contributed by atoms with Crippen LogP contribution >= 0.6 is 22.9 Å². The predicted octanol–water partition coefficient (Wildman–Crippen LogP) is 4.48. The summed E-state index contributed by atoms with van der Waals surface area (Å²) in [6.45, 7) is 0. The number of nitrogens with zero attached hydrogens (tertiary/aromatic N) is 1. The fourth-order valence-corrected chi connectivity index (χ4v) is 4.42. The summed E-state index contributed by atoms with van der Waals surface area (Å²) < 4.78 is 40.4. The third-order valence-electron chi connectivity index (χ3n) is 2.93. The summed E-state index contributed by atoms with van der Waals surface area (Å²) >= 11 is 6.72. The van der Waals surface area contributed by atoms with Crippen molar-refractivity contribution in [1.82, 2.24) is 4.98 Å². The Hall–Kier alpha value is -2.16. The van der Waals surface area contributed by atoms with Gasteiger partial charge in [-0.3, -0.25) is 4.72 Å². The highest BCUT2D eigenvalue weighted by Crippen LogP contribution is 2.27. The molecule has 3 aromatic rings. The third kappa shape index (κ3) is 4.02. The van der Waals surface area contributed by atoms with Crippen molar-refractivity contribution in [3.05, 3.63) is 64.9 Å². The lowest BCUT2D eigenvalue weighted by Gasteiger charge is -2.08. The number of benzene rings is 1. The Morgan fingerprint density at radius 2 is 1.92 bits per heavy atom. The van der Waals surface area contributed by atoms with Crippen LogP contribution in [0.1, 0.15) is 0 Å². The quantitative estimate of drug-likeness (QED) is 0.681. The van der Waals surface area contributed by atoms with Crippen molar-refractivity contribution in [3.63, 3.8) is 0 Å². The molecule has 0 saturated heterocycles. The van der Waals surface area contributed by atoms with E-state index in [1.54, 1.807) is 24.3 Å². The molecule has 1 aromatic carbocycles. The third-order valence-corrected chi connectivity index (χ3v) is 6.03. The van der Waals surface area contributed by atoms with E-state index < -0.39 is 10.0 Å². The number of thiophene rings is 1. The van der Waals surface area contributed by atoms with Crippen molar-refractivity contribution >= 4 is 50.2 Å². The van der Waals surface area contributed by atoms with Crippen LogP contribution in [-0.4, -0.2) is 13.4 Å². The first-order valence-electron chi connectivity index (χ1n) is 6.69. The fraction of sp³-hybridized carbons (Fsp3) is 0. The van der Waals surface area contributed by atoms with E-state index in [0.717, 1.165) is 11.3 Å². The Kier molecular flexibility index (Phi) is 4.70. The Labute approximate surface area is 147 Å². The van der Waals surface area contributed by atoms with Gasteiger partial charge in [-0.25, -0.2) is 17.8 Å². The standard InChI is InChI=1S/C15H11ClFN3O2S2/c16-13-5-7-15(23-13)24(21,22)20-12-4-6-14(18-9-12)19-11-3-1-2-10(17)8-11/h1-9,20H,(H,18,19). The minimum absolute atomic E-state index is 0.120. The summed E-state index contributed by atoms with van der Waals surface area (Å²) in [5.41, 5.74) is 0.855. The topological polar surface area (TPSA) is 71.1 Å².